The van der Waals surface area contributed by atoms with Gasteiger partial charge in [0.05, 0.1) is 11.9 Å². The van der Waals surface area contributed by atoms with Crippen LogP contribution in [0.1, 0.15) is 25.7 Å². The molecule has 0 spiro atoms. The molecule has 2 aliphatic rings. The highest BCUT2D eigenvalue weighted by Crippen LogP contribution is 2.27. The number of carbonyl (C=O) groups is 1. The summed E-state index contributed by atoms with van der Waals surface area (Å²) in [6.07, 6.45) is 8.11. The van der Waals surface area contributed by atoms with Gasteiger partial charge >= 0.3 is 6.03 Å². The molecule has 8 heteroatoms. The van der Waals surface area contributed by atoms with Gasteiger partial charge < -0.3 is 15.1 Å². The lowest BCUT2D eigenvalue weighted by molar-refractivity contribution is 0.222. The topological polar surface area (TPSA) is 65.8 Å². The van der Waals surface area contributed by atoms with E-state index in [1.807, 2.05) is 16.8 Å². The molecular weight excluding hydrogens is 371 g/mol. The SMILES string of the molecule is O=C(Nc1ccc(F)c(-c2ccn3c(N4CCCC4)cnc3n2)c1)N1CCCC1. The molecule has 5 rings (SSSR count). The first kappa shape index (κ1) is 17.9. The van der Waals surface area contributed by atoms with Crippen molar-refractivity contribution in [2.45, 2.75) is 25.7 Å². The Morgan fingerprint density at radius 3 is 2.59 bits per heavy atom. The Bertz CT molecular complexity index is 1050. The number of hydrogen-bond donors (Lipinski definition) is 1. The molecule has 0 unspecified atom stereocenters. The number of benzene rings is 1. The van der Waals surface area contributed by atoms with Gasteiger partial charge in [0.25, 0.3) is 0 Å². The van der Waals surface area contributed by atoms with Crippen molar-refractivity contribution in [1.82, 2.24) is 19.3 Å². The van der Waals surface area contributed by atoms with Crippen molar-refractivity contribution in [1.29, 1.82) is 0 Å². The fourth-order valence-corrected chi connectivity index (χ4v) is 4.11. The van der Waals surface area contributed by atoms with Crippen LogP contribution >= 0.6 is 0 Å². The van der Waals surface area contributed by atoms with Gasteiger partial charge in [0, 0.05) is 43.6 Å². The lowest BCUT2D eigenvalue weighted by Crippen LogP contribution is -2.32. The van der Waals surface area contributed by atoms with Gasteiger partial charge in [-0.05, 0) is 49.9 Å². The molecule has 2 aromatic heterocycles. The number of amides is 2. The number of urea groups is 1. The Hall–Kier alpha value is -3.16. The Kier molecular flexibility index (Phi) is 4.54. The number of carbonyl (C=O) groups excluding carboxylic acids is 1. The number of likely N-dealkylation sites (tertiary alicyclic amines) is 1. The zero-order valence-corrected chi connectivity index (χ0v) is 16.1. The maximum absolute atomic E-state index is 14.5. The molecule has 1 aromatic carbocycles. The first-order valence-corrected chi connectivity index (χ1v) is 10.1. The van der Waals surface area contributed by atoms with Crippen LogP contribution in [0.15, 0.2) is 36.7 Å². The standard InChI is InChI=1S/C21H23FN6O/c22-17-6-5-15(24-21(29)27-10-3-4-11-27)13-16(17)18-7-12-28-19(14-23-20(28)25-18)26-8-1-2-9-26/h5-7,12-14H,1-4,8-11H2,(H,24,29). The molecule has 0 saturated carbocycles. The first-order chi connectivity index (χ1) is 14.2. The van der Waals surface area contributed by atoms with E-state index in [2.05, 4.69) is 20.2 Å². The third-order valence-electron chi connectivity index (χ3n) is 5.68. The summed E-state index contributed by atoms with van der Waals surface area (Å²) < 4.78 is 16.5. The Labute approximate surface area is 168 Å². The van der Waals surface area contributed by atoms with Gasteiger partial charge in [-0.15, -0.1) is 0 Å². The van der Waals surface area contributed by atoms with Gasteiger partial charge in [0.1, 0.15) is 11.6 Å². The summed E-state index contributed by atoms with van der Waals surface area (Å²) in [7, 11) is 0. The summed E-state index contributed by atoms with van der Waals surface area (Å²) in [5.74, 6) is 1.17. The minimum absolute atomic E-state index is 0.146. The molecule has 0 bridgehead atoms. The summed E-state index contributed by atoms with van der Waals surface area (Å²) >= 11 is 0. The highest BCUT2D eigenvalue weighted by molar-refractivity contribution is 5.90. The molecule has 4 heterocycles. The number of fused-ring (bicyclic) bond motifs is 1. The molecular formula is C21H23FN6O. The van der Waals surface area contributed by atoms with Crippen molar-refractivity contribution in [3.05, 3.63) is 42.5 Å². The fourth-order valence-electron chi connectivity index (χ4n) is 4.11. The second-order valence-electron chi connectivity index (χ2n) is 7.61. The number of hydrogen-bond acceptors (Lipinski definition) is 4. The largest absolute Gasteiger partial charge is 0.356 e. The summed E-state index contributed by atoms with van der Waals surface area (Å²) in [6, 6.07) is 6.21. The van der Waals surface area contributed by atoms with E-state index >= 15 is 0 Å². The molecule has 1 N–H and O–H groups in total. The summed E-state index contributed by atoms with van der Waals surface area (Å²) in [4.78, 5) is 25.4. The number of anilines is 2. The molecule has 2 fully saturated rings. The smallest absolute Gasteiger partial charge is 0.321 e. The molecule has 2 saturated heterocycles. The lowest BCUT2D eigenvalue weighted by atomic mass is 10.1. The average Bonchev–Trinajstić information content (AvgIpc) is 3.49. The van der Waals surface area contributed by atoms with Gasteiger partial charge in [-0.25, -0.2) is 19.2 Å². The molecule has 29 heavy (non-hydrogen) atoms. The van der Waals surface area contributed by atoms with E-state index in [0.717, 1.165) is 44.8 Å². The third-order valence-corrected chi connectivity index (χ3v) is 5.68. The molecule has 150 valence electrons. The number of nitrogens with one attached hydrogen (secondary N) is 1. The van der Waals surface area contributed by atoms with E-state index in [1.165, 1.54) is 18.9 Å². The molecule has 2 amide bonds. The van der Waals surface area contributed by atoms with Crippen LogP contribution in [0.2, 0.25) is 0 Å². The summed E-state index contributed by atoms with van der Waals surface area (Å²) in [5, 5.41) is 2.86. The molecule has 2 aliphatic heterocycles. The van der Waals surface area contributed by atoms with Crippen molar-refractivity contribution in [2.24, 2.45) is 0 Å². The van der Waals surface area contributed by atoms with Gasteiger partial charge in [-0.1, -0.05) is 0 Å². The van der Waals surface area contributed by atoms with E-state index < -0.39 is 0 Å². The van der Waals surface area contributed by atoms with Crippen LogP contribution in [0, 0.1) is 5.82 Å². The quantitative estimate of drug-likeness (QED) is 0.735. The van der Waals surface area contributed by atoms with Crippen molar-refractivity contribution in [3.8, 4) is 11.3 Å². The maximum Gasteiger partial charge on any atom is 0.321 e. The van der Waals surface area contributed by atoms with Crippen LogP contribution in [0.5, 0.6) is 0 Å². The minimum atomic E-state index is -0.382. The van der Waals surface area contributed by atoms with E-state index in [-0.39, 0.29) is 11.8 Å². The monoisotopic (exact) mass is 394 g/mol. The van der Waals surface area contributed by atoms with Crippen molar-refractivity contribution < 1.29 is 9.18 Å². The number of aromatic nitrogens is 3. The highest BCUT2D eigenvalue weighted by Gasteiger charge is 2.20. The van der Waals surface area contributed by atoms with E-state index in [0.29, 0.717) is 22.7 Å². The second-order valence-corrected chi connectivity index (χ2v) is 7.61. The molecule has 0 aliphatic carbocycles. The second kappa shape index (κ2) is 7.35. The van der Waals surface area contributed by atoms with Crippen LogP contribution in [-0.4, -0.2) is 51.5 Å². The zero-order valence-electron chi connectivity index (χ0n) is 16.1. The van der Waals surface area contributed by atoms with Crippen molar-refractivity contribution >= 4 is 23.3 Å². The van der Waals surface area contributed by atoms with Gasteiger partial charge in [0.2, 0.25) is 5.78 Å². The normalized spacial score (nSPS) is 16.7. The van der Waals surface area contributed by atoms with Crippen LogP contribution < -0.4 is 10.2 Å². The Morgan fingerprint density at radius 1 is 1.03 bits per heavy atom. The van der Waals surface area contributed by atoms with Gasteiger partial charge in [0.15, 0.2) is 0 Å². The summed E-state index contributed by atoms with van der Waals surface area (Å²) in [5.41, 5.74) is 1.39. The third kappa shape index (κ3) is 3.39. The lowest BCUT2D eigenvalue weighted by Gasteiger charge is -2.17. The van der Waals surface area contributed by atoms with E-state index in [4.69, 9.17) is 0 Å². The predicted octanol–water partition coefficient (Wildman–Crippen LogP) is 3.76. The number of halogens is 1. The predicted molar refractivity (Wildman–Crippen MR) is 110 cm³/mol. The van der Waals surface area contributed by atoms with Crippen LogP contribution in [-0.2, 0) is 0 Å². The van der Waals surface area contributed by atoms with Crippen LogP contribution in [0.25, 0.3) is 17.0 Å². The van der Waals surface area contributed by atoms with Crippen LogP contribution in [0.4, 0.5) is 20.7 Å². The first-order valence-electron chi connectivity index (χ1n) is 10.1. The van der Waals surface area contributed by atoms with Crippen molar-refractivity contribution in [2.75, 3.05) is 36.4 Å². The van der Waals surface area contributed by atoms with Crippen molar-refractivity contribution in [3.63, 3.8) is 0 Å². The maximum atomic E-state index is 14.5. The fraction of sp³-hybridized carbons (Fsp3) is 0.381. The molecule has 0 atom stereocenters. The number of nitrogens with zero attached hydrogens (tertiary/aromatic N) is 5. The Balaban J connectivity index is 1.43. The average molecular weight is 394 g/mol. The van der Waals surface area contributed by atoms with Crippen LogP contribution in [0.3, 0.4) is 0 Å². The van der Waals surface area contributed by atoms with E-state index in [9.17, 15) is 9.18 Å². The number of imidazole rings is 1. The molecule has 0 radical (unpaired) electrons. The Morgan fingerprint density at radius 2 is 1.79 bits per heavy atom. The van der Waals surface area contributed by atoms with E-state index in [1.54, 1.807) is 23.1 Å². The highest BCUT2D eigenvalue weighted by atomic mass is 19.1. The van der Waals surface area contributed by atoms with Gasteiger partial charge in [-0.3, -0.25) is 4.40 Å². The zero-order chi connectivity index (χ0) is 19.8. The molecule has 7 nitrogen and oxygen atoms in total. The van der Waals surface area contributed by atoms with Gasteiger partial charge in [-0.2, -0.15) is 0 Å². The number of rotatable bonds is 3. The molecule has 3 aromatic rings. The summed E-state index contributed by atoms with van der Waals surface area (Å²) in [6.45, 7) is 3.56. The minimum Gasteiger partial charge on any atom is -0.356 e.